The van der Waals surface area contributed by atoms with E-state index in [0.29, 0.717) is 42.8 Å². The van der Waals surface area contributed by atoms with Gasteiger partial charge in [0.15, 0.2) is 11.5 Å². The maximum Gasteiger partial charge on any atom is 0.232 e. The van der Waals surface area contributed by atoms with Crippen molar-refractivity contribution in [2.45, 2.75) is 30.6 Å². The first-order valence-corrected chi connectivity index (χ1v) is 11.4. The summed E-state index contributed by atoms with van der Waals surface area (Å²) in [7, 11) is 1.60. The van der Waals surface area contributed by atoms with Gasteiger partial charge in [0.05, 0.1) is 19.6 Å². The van der Waals surface area contributed by atoms with E-state index in [1.54, 1.807) is 23.8 Å². The molecule has 4 rings (SSSR count). The van der Waals surface area contributed by atoms with Crippen LogP contribution < -0.4 is 14.4 Å². The predicted octanol–water partition coefficient (Wildman–Crippen LogP) is 4.78. The largest absolute Gasteiger partial charge is 0.493 e. The van der Waals surface area contributed by atoms with Crippen LogP contribution in [-0.2, 0) is 4.79 Å². The third-order valence-electron chi connectivity index (χ3n) is 5.18. The highest BCUT2D eigenvalue weighted by Gasteiger charge is 2.35. The molecule has 1 atom stereocenters. The summed E-state index contributed by atoms with van der Waals surface area (Å²) in [4.78, 5) is 20.1. The zero-order chi connectivity index (χ0) is 21.8. The molecule has 162 valence electrons. The molecule has 2 heterocycles. The summed E-state index contributed by atoms with van der Waals surface area (Å²) in [6, 6.07) is 13.5. The van der Waals surface area contributed by atoms with Crippen LogP contribution in [0.5, 0.6) is 11.5 Å². The van der Waals surface area contributed by atoms with Gasteiger partial charge in [-0.15, -0.1) is 11.8 Å². The summed E-state index contributed by atoms with van der Waals surface area (Å²) < 4.78 is 16.7. The average Bonchev–Trinajstić information content (AvgIpc) is 3.44. The molecule has 3 aromatic rings. The molecule has 2 aromatic carbocycles. The molecule has 31 heavy (non-hydrogen) atoms. The van der Waals surface area contributed by atoms with Crippen LogP contribution in [0.2, 0.25) is 0 Å². The van der Waals surface area contributed by atoms with Gasteiger partial charge in [0.1, 0.15) is 0 Å². The molecule has 0 saturated carbocycles. The Morgan fingerprint density at radius 2 is 2.00 bits per heavy atom. The lowest BCUT2D eigenvalue weighted by Crippen LogP contribution is -2.24. The second kappa shape index (κ2) is 9.43. The number of hydrogen-bond donors (Lipinski definition) is 0. The van der Waals surface area contributed by atoms with Gasteiger partial charge in [-0.2, -0.15) is 4.98 Å². The lowest BCUT2D eigenvalue weighted by Gasteiger charge is -2.16. The van der Waals surface area contributed by atoms with E-state index >= 15 is 0 Å². The van der Waals surface area contributed by atoms with Gasteiger partial charge in [0, 0.05) is 29.1 Å². The molecule has 0 aliphatic carbocycles. The first-order valence-electron chi connectivity index (χ1n) is 10.2. The molecule has 1 saturated heterocycles. The Kier molecular flexibility index (Phi) is 6.46. The summed E-state index contributed by atoms with van der Waals surface area (Å²) in [6.07, 6.45) is 3.29. The average molecular weight is 440 g/mol. The van der Waals surface area contributed by atoms with Crippen LogP contribution in [0.3, 0.4) is 0 Å². The molecule has 0 spiro atoms. The highest BCUT2D eigenvalue weighted by atomic mass is 32.2. The highest BCUT2D eigenvalue weighted by molar-refractivity contribution is 7.98. The maximum absolute atomic E-state index is 12.6. The number of thioether (sulfide) groups is 1. The fraction of sp³-hybridized carbons (Fsp3) is 0.348. The number of benzene rings is 2. The van der Waals surface area contributed by atoms with E-state index in [1.165, 1.54) is 0 Å². The molecule has 1 amide bonds. The topological polar surface area (TPSA) is 77.7 Å². The molecule has 7 nitrogen and oxygen atoms in total. The standard InChI is InChI=1S/C23H25N3O4S/c1-4-11-29-19-10-5-15(12-20(19)28-2)22-24-23(30-25-22)16-13-21(27)26(14-16)17-6-8-18(31-3)9-7-17/h5-10,12,16H,4,11,13-14H2,1-3H3. The van der Waals surface area contributed by atoms with E-state index in [-0.39, 0.29) is 11.8 Å². The number of methoxy groups -OCH3 is 1. The third kappa shape index (κ3) is 4.54. The second-order valence-electron chi connectivity index (χ2n) is 7.27. The Morgan fingerprint density at radius 3 is 2.71 bits per heavy atom. The summed E-state index contributed by atoms with van der Waals surface area (Å²) in [5.74, 6) is 2.15. The minimum atomic E-state index is -0.136. The molecule has 0 bridgehead atoms. The van der Waals surface area contributed by atoms with Gasteiger partial charge in [0.2, 0.25) is 17.6 Å². The van der Waals surface area contributed by atoms with Gasteiger partial charge in [-0.25, -0.2) is 0 Å². The van der Waals surface area contributed by atoms with Crippen LogP contribution in [0.4, 0.5) is 5.69 Å². The lowest BCUT2D eigenvalue weighted by molar-refractivity contribution is -0.117. The Morgan fingerprint density at radius 1 is 1.19 bits per heavy atom. The van der Waals surface area contributed by atoms with Gasteiger partial charge in [-0.1, -0.05) is 12.1 Å². The minimum absolute atomic E-state index is 0.0562. The van der Waals surface area contributed by atoms with E-state index in [2.05, 4.69) is 17.1 Å². The van der Waals surface area contributed by atoms with Crippen molar-refractivity contribution in [1.82, 2.24) is 10.1 Å². The van der Waals surface area contributed by atoms with Crippen molar-refractivity contribution in [1.29, 1.82) is 0 Å². The molecule has 1 aromatic heterocycles. The molecule has 0 radical (unpaired) electrons. The van der Waals surface area contributed by atoms with Crippen LogP contribution in [0, 0.1) is 0 Å². The van der Waals surface area contributed by atoms with Crippen molar-refractivity contribution in [2.24, 2.45) is 0 Å². The van der Waals surface area contributed by atoms with Crippen molar-refractivity contribution >= 4 is 23.4 Å². The lowest BCUT2D eigenvalue weighted by atomic mass is 10.1. The van der Waals surface area contributed by atoms with Gasteiger partial charge in [-0.3, -0.25) is 4.79 Å². The normalized spacial score (nSPS) is 16.0. The number of nitrogens with zero attached hydrogens (tertiary/aromatic N) is 3. The number of rotatable bonds is 8. The van der Waals surface area contributed by atoms with Crippen LogP contribution >= 0.6 is 11.8 Å². The molecular weight excluding hydrogens is 414 g/mol. The Labute approximate surface area is 185 Å². The summed E-state index contributed by atoms with van der Waals surface area (Å²) >= 11 is 1.67. The number of amides is 1. The number of carbonyl (C=O) groups is 1. The first kappa shape index (κ1) is 21.2. The summed E-state index contributed by atoms with van der Waals surface area (Å²) in [6.45, 7) is 3.19. The number of anilines is 1. The molecule has 1 aliphatic rings. The highest BCUT2D eigenvalue weighted by Crippen LogP contribution is 2.35. The van der Waals surface area contributed by atoms with Crippen LogP contribution in [0.25, 0.3) is 11.4 Å². The van der Waals surface area contributed by atoms with Crippen LogP contribution in [-0.4, -0.2) is 42.6 Å². The third-order valence-corrected chi connectivity index (χ3v) is 5.93. The fourth-order valence-electron chi connectivity index (χ4n) is 3.54. The van der Waals surface area contributed by atoms with E-state index in [9.17, 15) is 4.79 Å². The van der Waals surface area contributed by atoms with E-state index in [0.717, 1.165) is 22.6 Å². The molecule has 1 unspecified atom stereocenters. The smallest absolute Gasteiger partial charge is 0.232 e. The van der Waals surface area contributed by atoms with Crippen LogP contribution in [0.1, 0.15) is 31.6 Å². The first-order chi connectivity index (χ1) is 15.1. The summed E-state index contributed by atoms with van der Waals surface area (Å²) in [5, 5.41) is 4.13. The zero-order valence-electron chi connectivity index (χ0n) is 17.8. The number of aromatic nitrogens is 2. The number of ether oxygens (including phenoxy) is 2. The molecule has 0 N–H and O–H groups in total. The fourth-order valence-corrected chi connectivity index (χ4v) is 3.95. The van der Waals surface area contributed by atoms with Gasteiger partial charge in [-0.05, 0) is 55.1 Å². The molecule has 8 heteroatoms. The number of carbonyl (C=O) groups excluding carboxylic acids is 1. The Hall–Kier alpha value is -3.00. The molecule has 1 fully saturated rings. The zero-order valence-corrected chi connectivity index (χ0v) is 18.6. The van der Waals surface area contributed by atoms with Crippen molar-refractivity contribution in [3.63, 3.8) is 0 Å². The van der Waals surface area contributed by atoms with Gasteiger partial charge < -0.3 is 18.9 Å². The van der Waals surface area contributed by atoms with E-state index < -0.39 is 0 Å². The van der Waals surface area contributed by atoms with E-state index in [4.69, 9.17) is 14.0 Å². The van der Waals surface area contributed by atoms with Gasteiger partial charge in [0.25, 0.3) is 0 Å². The van der Waals surface area contributed by atoms with Crippen LogP contribution in [0.15, 0.2) is 51.9 Å². The minimum Gasteiger partial charge on any atom is -0.493 e. The maximum atomic E-state index is 12.6. The Balaban J connectivity index is 1.50. The SMILES string of the molecule is CCCOc1ccc(-c2noc(C3CC(=O)N(c4ccc(SC)cc4)C3)n2)cc1OC. The number of hydrogen-bond acceptors (Lipinski definition) is 7. The van der Waals surface area contributed by atoms with Crippen molar-refractivity contribution in [3.8, 4) is 22.9 Å². The van der Waals surface area contributed by atoms with Crippen molar-refractivity contribution in [2.75, 3.05) is 31.4 Å². The van der Waals surface area contributed by atoms with Gasteiger partial charge >= 0.3 is 0 Å². The summed E-state index contributed by atoms with van der Waals surface area (Å²) in [5.41, 5.74) is 1.65. The Bertz CT molecular complexity index is 1050. The second-order valence-corrected chi connectivity index (χ2v) is 8.15. The van der Waals surface area contributed by atoms with Crippen molar-refractivity contribution in [3.05, 3.63) is 48.4 Å². The van der Waals surface area contributed by atoms with Crippen molar-refractivity contribution < 1.29 is 18.8 Å². The van der Waals surface area contributed by atoms with E-state index in [1.807, 2.05) is 48.7 Å². The monoisotopic (exact) mass is 439 g/mol. The predicted molar refractivity (Wildman–Crippen MR) is 120 cm³/mol. The molecular formula is C23H25N3O4S. The quantitative estimate of drug-likeness (QED) is 0.468. The molecule has 1 aliphatic heterocycles.